The Balaban J connectivity index is 1.95. The topological polar surface area (TPSA) is 125 Å². The van der Waals surface area contributed by atoms with Gasteiger partial charge in [-0.3, -0.25) is 19.2 Å². The van der Waals surface area contributed by atoms with Crippen LogP contribution in [0.5, 0.6) is 5.75 Å². The first-order chi connectivity index (χ1) is 18.7. The fourth-order valence-corrected chi connectivity index (χ4v) is 4.87. The van der Waals surface area contributed by atoms with Crippen molar-refractivity contribution >= 4 is 23.7 Å². The first-order valence-corrected chi connectivity index (χ1v) is 13.0. The summed E-state index contributed by atoms with van der Waals surface area (Å²) in [5.41, 5.74) is -0.761. The number of hydrogen-bond acceptors (Lipinski definition) is 6. The van der Waals surface area contributed by atoms with E-state index in [2.05, 4.69) is 10.6 Å². The number of alkyl halides is 2. The molecule has 0 saturated carbocycles. The fourth-order valence-electron chi connectivity index (χ4n) is 4.87. The van der Waals surface area contributed by atoms with Crippen molar-refractivity contribution in [3.63, 3.8) is 0 Å². The maximum atomic E-state index is 15.0. The second kappa shape index (κ2) is 12.1. The Labute approximate surface area is 231 Å². The molecule has 1 aliphatic rings. The summed E-state index contributed by atoms with van der Waals surface area (Å²) in [5.74, 6) is -6.35. The summed E-state index contributed by atoms with van der Waals surface area (Å²) < 4.78 is 35.2. The summed E-state index contributed by atoms with van der Waals surface area (Å²) in [7, 11) is 0. The fraction of sp³-hybridized carbons (Fsp3) is 0.448. The van der Waals surface area contributed by atoms with Crippen LogP contribution in [-0.2, 0) is 20.8 Å². The molecule has 2 aromatic carbocycles. The molecule has 11 heteroatoms. The second-order valence-electron chi connectivity index (χ2n) is 10.4. The monoisotopic (exact) mass is 559 g/mol. The smallest absolute Gasteiger partial charge is 0.308 e. The summed E-state index contributed by atoms with van der Waals surface area (Å²) >= 11 is 0. The Morgan fingerprint density at radius 2 is 1.75 bits per heavy atom. The third-order valence-electron chi connectivity index (χ3n) is 7.22. The number of aliphatic hydroxyl groups is 1. The van der Waals surface area contributed by atoms with Crippen LogP contribution in [0.1, 0.15) is 49.2 Å². The van der Waals surface area contributed by atoms with Crippen LogP contribution >= 0.6 is 0 Å². The number of aliphatic hydroxyl groups excluding tert-OH is 1. The van der Waals surface area contributed by atoms with Crippen LogP contribution in [0.15, 0.2) is 48.5 Å². The van der Waals surface area contributed by atoms with Crippen molar-refractivity contribution in [3.8, 4) is 5.75 Å². The minimum atomic E-state index is -3.41. The van der Waals surface area contributed by atoms with Crippen molar-refractivity contribution in [2.45, 2.75) is 65.1 Å². The van der Waals surface area contributed by atoms with E-state index >= 15 is 8.78 Å². The van der Waals surface area contributed by atoms with Crippen molar-refractivity contribution in [2.24, 2.45) is 5.41 Å². The predicted molar refractivity (Wildman–Crippen MR) is 143 cm³/mol. The number of benzene rings is 2. The molecule has 3 amide bonds. The van der Waals surface area contributed by atoms with Gasteiger partial charge in [0.15, 0.2) is 6.10 Å². The molecule has 0 aliphatic carbocycles. The van der Waals surface area contributed by atoms with E-state index in [-0.39, 0.29) is 24.3 Å². The molecule has 9 nitrogen and oxygen atoms in total. The summed E-state index contributed by atoms with van der Waals surface area (Å²) in [6.07, 6.45) is -1.97. The van der Waals surface area contributed by atoms with Gasteiger partial charge in [0.25, 0.3) is 17.7 Å². The highest BCUT2D eigenvalue weighted by Gasteiger charge is 2.64. The van der Waals surface area contributed by atoms with E-state index in [1.54, 1.807) is 44.2 Å². The van der Waals surface area contributed by atoms with Crippen LogP contribution in [-0.4, -0.2) is 70.9 Å². The van der Waals surface area contributed by atoms with Gasteiger partial charge in [0.05, 0.1) is 18.0 Å². The molecule has 3 rings (SSSR count). The average molecular weight is 560 g/mol. The standard InChI is InChI=1S/C29H35F2N3O6/c1-6-32-26(38)24-28(4,5)29(30,31)16-34(24)27(39)23(36)21(15-19-11-8-7-9-12-19)33-25(37)20-13-10-14-22(17(20)2)40-18(3)35/h7-14,21,23-24,36H,6,15-16H2,1-5H3,(H,32,38)(H,33,37). The number of carbonyl (C=O) groups excluding carboxylic acids is 4. The number of carbonyl (C=O) groups is 4. The van der Waals surface area contributed by atoms with Gasteiger partial charge in [-0.25, -0.2) is 8.78 Å². The number of esters is 1. The lowest BCUT2D eigenvalue weighted by Gasteiger charge is -2.34. The van der Waals surface area contributed by atoms with Crippen molar-refractivity contribution in [1.29, 1.82) is 0 Å². The summed E-state index contributed by atoms with van der Waals surface area (Å²) in [5, 5.41) is 16.4. The van der Waals surface area contributed by atoms with Crippen molar-refractivity contribution in [1.82, 2.24) is 15.5 Å². The largest absolute Gasteiger partial charge is 0.426 e. The molecule has 1 heterocycles. The summed E-state index contributed by atoms with van der Waals surface area (Å²) in [4.78, 5) is 51.9. The number of likely N-dealkylation sites (N-methyl/N-ethyl adjacent to an activating group) is 1. The highest BCUT2D eigenvalue weighted by atomic mass is 19.3. The maximum absolute atomic E-state index is 15.0. The zero-order valence-electron chi connectivity index (χ0n) is 23.2. The Kier molecular flexibility index (Phi) is 9.29. The Bertz CT molecular complexity index is 1270. The molecule has 3 unspecified atom stereocenters. The zero-order valence-corrected chi connectivity index (χ0v) is 23.2. The lowest BCUT2D eigenvalue weighted by Crippen LogP contribution is -2.57. The normalized spacial score (nSPS) is 18.9. The predicted octanol–water partition coefficient (Wildman–Crippen LogP) is 2.63. The minimum absolute atomic E-state index is 0.0123. The Morgan fingerprint density at radius 1 is 1.10 bits per heavy atom. The third-order valence-corrected chi connectivity index (χ3v) is 7.22. The van der Waals surface area contributed by atoms with Crippen molar-refractivity contribution in [3.05, 3.63) is 65.2 Å². The number of nitrogens with zero attached hydrogens (tertiary/aromatic N) is 1. The van der Waals surface area contributed by atoms with Gasteiger partial charge in [-0.05, 0) is 38.0 Å². The maximum Gasteiger partial charge on any atom is 0.308 e. The molecule has 1 aliphatic heterocycles. The van der Waals surface area contributed by atoms with Crippen LogP contribution < -0.4 is 15.4 Å². The molecule has 3 N–H and O–H groups in total. The highest BCUT2D eigenvalue weighted by molar-refractivity contribution is 5.97. The van der Waals surface area contributed by atoms with E-state index in [0.717, 1.165) is 0 Å². The minimum Gasteiger partial charge on any atom is -0.426 e. The van der Waals surface area contributed by atoms with Crippen molar-refractivity contribution in [2.75, 3.05) is 13.1 Å². The first kappa shape index (κ1) is 30.7. The van der Waals surface area contributed by atoms with Crippen LogP contribution in [0.4, 0.5) is 8.78 Å². The second-order valence-corrected chi connectivity index (χ2v) is 10.4. The SMILES string of the molecule is CCNC(=O)C1N(C(=O)C(O)C(Cc2ccccc2)NC(=O)c2cccc(OC(C)=O)c2C)CC(F)(F)C1(C)C. The molecule has 0 aromatic heterocycles. The quantitative estimate of drug-likeness (QED) is 0.321. The van der Waals surface area contributed by atoms with Crippen LogP contribution in [0.3, 0.4) is 0 Å². The third kappa shape index (κ3) is 6.30. The van der Waals surface area contributed by atoms with Crippen molar-refractivity contribution < 1.29 is 37.8 Å². The van der Waals surface area contributed by atoms with Gasteiger partial charge in [-0.1, -0.05) is 50.2 Å². The summed E-state index contributed by atoms with van der Waals surface area (Å²) in [6, 6.07) is 10.4. The molecule has 40 heavy (non-hydrogen) atoms. The van der Waals surface area contributed by atoms with Crippen LogP contribution in [0, 0.1) is 12.3 Å². The number of nitrogens with one attached hydrogen (secondary N) is 2. The Morgan fingerprint density at radius 3 is 2.35 bits per heavy atom. The van der Waals surface area contributed by atoms with E-state index in [1.807, 2.05) is 0 Å². The summed E-state index contributed by atoms with van der Waals surface area (Å²) in [6.45, 7) is 5.94. The number of halogens is 2. The number of hydrogen-bond donors (Lipinski definition) is 3. The van der Waals surface area contributed by atoms with E-state index in [0.29, 0.717) is 16.0 Å². The van der Waals surface area contributed by atoms with Crippen LogP contribution in [0.25, 0.3) is 0 Å². The van der Waals surface area contributed by atoms with Gasteiger partial charge in [-0.2, -0.15) is 0 Å². The van der Waals surface area contributed by atoms with E-state index in [1.165, 1.54) is 39.0 Å². The number of ether oxygens (including phenoxy) is 1. The van der Waals surface area contributed by atoms with Gasteiger partial charge in [0.1, 0.15) is 11.8 Å². The number of amides is 3. The average Bonchev–Trinajstić information content (AvgIpc) is 3.08. The number of rotatable bonds is 9. The molecule has 0 bridgehead atoms. The molecule has 1 fully saturated rings. The zero-order chi connectivity index (χ0) is 29.8. The van der Waals surface area contributed by atoms with Gasteiger partial charge in [-0.15, -0.1) is 0 Å². The molecule has 2 aromatic rings. The highest BCUT2D eigenvalue weighted by Crippen LogP contribution is 2.48. The Hall–Kier alpha value is -3.86. The van der Waals surface area contributed by atoms with Gasteiger partial charge >= 0.3 is 5.97 Å². The lowest BCUT2D eigenvalue weighted by atomic mass is 9.81. The molecule has 216 valence electrons. The first-order valence-electron chi connectivity index (χ1n) is 13.0. The number of likely N-dealkylation sites (tertiary alicyclic amines) is 1. The van der Waals surface area contributed by atoms with E-state index < -0.39 is 59.8 Å². The molecule has 0 spiro atoms. The van der Waals surface area contributed by atoms with Gasteiger partial charge < -0.3 is 25.4 Å². The lowest BCUT2D eigenvalue weighted by molar-refractivity contribution is -0.148. The molecular formula is C29H35F2N3O6. The van der Waals surface area contributed by atoms with Crippen LogP contribution in [0.2, 0.25) is 0 Å². The molecular weight excluding hydrogens is 524 g/mol. The van der Waals surface area contributed by atoms with Gasteiger partial charge in [0, 0.05) is 24.6 Å². The van der Waals surface area contributed by atoms with Gasteiger partial charge in [0.2, 0.25) is 5.91 Å². The van der Waals surface area contributed by atoms with E-state index in [9.17, 15) is 24.3 Å². The molecule has 0 radical (unpaired) electrons. The van der Waals surface area contributed by atoms with E-state index in [4.69, 9.17) is 4.74 Å². The molecule has 3 atom stereocenters. The molecule has 1 saturated heterocycles.